The van der Waals surface area contributed by atoms with Gasteiger partial charge in [-0.3, -0.25) is 19.0 Å². The molecule has 5 rings (SSSR count). The second-order valence-corrected chi connectivity index (χ2v) is 9.81. The van der Waals surface area contributed by atoms with Gasteiger partial charge >= 0.3 is 0 Å². The van der Waals surface area contributed by atoms with E-state index in [1.807, 2.05) is 36.6 Å². The smallest absolute Gasteiger partial charge is 0.263 e. The van der Waals surface area contributed by atoms with Crippen molar-refractivity contribution in [2.24, 2.45) is 0 Å². The fourth-order valence-electron chi connectivity index (χ4n) is 3.84. The molecule has 4 aromatic rings. The van der Waals surface area contributed by atoms with E-state index in [-0.39, 0.29) is 23.9 Å². The minimum absolute atomic E-state index is 0.120. The highest BCUT2D eigenvalue weighted by molar-refractivity contribution is 7.19. The number of hydrogen-bond acceptors (Lipinski definition) is 6. The van der Waals surface area contributed by atoms with Gasteiger partial charge in [-0.2, -0.15) is 0 Å². The summed E-state index contributed by atoms with van der Waals surface area (Å²) >= 11 is 3.06. The van der Waals surface area contributed by atoms with E-state index in [9.17, 15) is 14.4 Å². The summed E-state index contributed by atoms with van der Waals surface area (Å²) in [6, 6.07) is 11.2. The van der Waals surface area contributed by atoms with Crippen molar-refractivity contribution in [3.8, 4) is 10.4 Å². The minimum Gasteiger partial charge on any atom is -0.325 e. The van der Waals surface area contributed by atoms with Crippen LogP contribution in [-0.2, 0) is 16.1 Å². The van der Waals surface area contributed by atoms with Crippen LogP contribution in [0.15, 0.2) is 52.9 Å². The molecule has 0 bridgehead atoms. The SMILES string of the molecule is Cc1ccc(-c2csc3ncn(CC(=O)Nc4ccc(N5CCCC5=O)cc4)c(=O)c23)s1. The molecule has 0 aliphatic carbocycles. The van der Waals surface area contributed by atoms with Crippen molar-refractivity contribution in [1.29, 1.82) is 0 Å². The van der Waals surface area contributed by atoms with Crippen molar-refractivity contribution in [2.75, 3.05) is 16.8 Å². The van der Waals surface area contributed by atoms with E-state index < -0.39 is 0 Å². The number of fused-ring (bicyclic) bond motifs is 1. The monoisotopic (exact) mass is 464 g/mol. The summed E-state index contributed by atoms with van der Waals surface area (Å²) in [4.78, 5) is 46.6. The highest BCUT2D eigenvalue weighted by Gasteiger charge is 2.21. The third-order valence-electron chi connectivity index (χ3n) is 5.42. The topological polar surface area (TPSA) is 84.3 Å². The van der Waals surface area contributed by atoms with Gasteiger partial charge in [-0.1, -0.05) is 0 Å². The average Bonchev–Trinajstić information content (AvgIpc) is 3.50. The van der Waals surface area contributed by atoms with Gasteiger partial charge in [-0.25, -0.2) is 4.98 Å². The molecule has 1 aliphatic heterocycles. The zero-order valence-electron chi connectivity index (χ0n) is 17.3. The first-order valence-electron chi connectivity index (χ1n) is 10.2. The Morgan fingerprint density at radius 3 is 2.66 bits per heavy atom. The summed E-state index contributed by atoms with van der Waals surface area (Å²) in [7, 11) is 0. The lowest BCUT2D eigenvalue weighted by atomic mass is 10.2. The molecule has 1 aromatic carbocycles. The van der Waals surface area contributed by atoms with Gasteiger partial charge in [0.2, 0.25) is 11.8 Å². The second kappa shape index (κ2) is 8.33. The van der Waals surface area contributed by atoms with Gasteiger partial charge in [-0.05, 0) is 49.7 Å². The van der Waals surface area contributed by atoms with Crippen LogP contribution in [0.3, 0.4) is 0 Å². The lowest BCUT2D eigenvalue weighted by Crippen LogP contribution is -2.28. The summed E-state index contributed by atoms with van der Waals surface area (Å²) in [5.74, 6) is -0.198. The predicted octanol–water partition coefficient (Wildman–Crippen LogP) is 4.26. The number of carbonyl (C=O) groups is 2. The molecule has 7 nitrogen and oxygen atoms in total. The van der Waals surface area contributed by atoms with Crippen molar-refractivity contribution >= 4 is 56.1 Å². The third-order valence-corrected chi connectivity index (χ3v) is 7.34. The van der Waals surface area contributed by atoms with Crippen LogP contribution < -0.4 is 15.8 Å². The Labute approximate surface area is 192 Å². The lowest BCUT2D eigenvalue weighted by molar-refractivity contribution is -0.117. The second-order valence-electron chi connectivity index (χ2n) is 7.66. The summed E-state index contributed by atoms with van der Waals surface area (Å²) < 4.78 is 1.34. The Morgan fingerprint density at radius 2 is 1.97 bits per heavy atom. The molecule has 2 amide bonds. The number of nitrogens with zero attached hydrogens (tertiary/aromatic N) is 3. The first-order valence-corrected chi connectivity index (χ1v) is 11.9. The highest BCUT2D eigenvalue weighted by Crippen LogP contribution is 2.34. The zero-order valence-corrected chi connectivity index (χ0v) is 19.0. The molecular weight excluding hydrogens is 444 g/mol. The molecule has 0 saturated carbocycles. The van der Waals surface area contributed by atoms with Crippen LogP contribution in [0, 0.1) is 6.92 Å². The van der Waals surface area contributed by atoms with Gasteiger partial charge in [0.15, 0.2) is 0 Å². The zero-order chi connectivity index (χ0) is 22.2. The molecule has 0 unspecified atom stereocenters. The molecule has 162 valence electrons. The molecule has 0 radical (unpaired) electrons. The van der Waals surface area contributed by atoms with E-state index in [1.54, 1.807) is 28.4 Å². The molecule has 9 heteroatoms. The Hall–Kier alpha value is -3.30. The Kier molecular flexibility index (Phi) is 5.36. The van der Waals surface area contributed by atoms with Crippen LogP contribution in [0.25, 0.3) is 20.7 Å². The van der Waals surface area contributed by atoms with E-state index in [1.165, 1.54) is 27.1 Å². The molecule has 1 saturated heterocycles. The number of aromatic nitrogens is 2. The van der Waals surface area contributed by atoms with Gasteiger partial charge in [-0.15, -0.1) is 22.7 Å². The van der Waals surface area contributed by atoms with Crippen molar-refractivity contribution < 1.29 is 9.59 Å². The van der Waals surface area contributed by atoms with E-state index in [0.717, 1.165) is 29.1 Å². The molecular formula is C23H20N4O3S2. The lowest BCUT2D eigenvalue weighted by Gasteiger charge is -2.16. The molecule has 1 aliphatic rings. The fraction of sp³-hybridized carbons (Fsp3) is 0.217. The van der Waals surface area contributed by atoms with Crippen LogP contribution >= 0.6 is 22.7 Å². The highest BCUT2D eigenvalue weighted by atomic mass is 32.1. The van der Waals surface area contributed by atoms with E-state index in [2.05, 4.69) is 10.3 Å². The maximum absolute atomic E-state index is 13.1. The Balaban J connectivity index is 1.34. The van der Waals surface area contributed by atoms with Gasteiger partial charge in [0.25, 0.3) is 5.56 Å². The summed E-state index contributed by atoms with van der Waals surface area (Å²) in [5.41, 5.74) is 2.07. The van der Waals surface area contributed by atoms with Crippen LogP contribution in [0.5, 0.6) is 0 Å². The third kappa shape index (κ3) is 3.85. The van der Waals surface area contributed by atoms with Crippen molar-refractivity contribution in [1.82, 2.24) is 9.55 Å². The standard InChI is InChI=1S/C23H20N4O3S2/c1-14-4-9-18(32-14)17-12-31-22-21(17)23(30)26(13-24-22)11-19(28)25-15-5-7-16(8-6-15)27-10-2-3-20(27)29/h4-9,12-13H,2-3,10-11H2,1H3,(H,25,28). The maximum atomic E-state index is 13.1. The largest absolute Gasteiger partial charge is 0.325 e. The Bertz CT molecular complexity index is 1380. The van der Waals surface area contributed by atoms with Crippen molar-refractivity contribution in [3.63, 3.8) is 0 Å². The summed E-state index contributed by atoms with van der Waals surface area (Å²) in [6.07, 6.45) is 2.86. The Morgan fingerprint density at radius 1 is 1.16 bits per heavy atom. The quantitative estimate of drug-likeness (QED) is 0.478. The predicted molar refractivity (Wildman–Crippen MR) is 129 cm³/mol. The van der Waals surface area contributed by atoms with E-state index in [4.69, 9.17) is 0 Å². The van der Waals surface area contributed by atoms with Crippen molar-refractivity contribution in [2.45, 2.75) is 26.3 Å². The number of benzene rings is 1. The first-order chi connectivity index (χ1) is 15.5. The molecule has 0 spiro atoms. The number of aryl methyl sites for hydroxylation is 1. The van der Waals surface area contributed by atoms with Gasteiger partial charge in [0, 0.05) is 45.0 Å². The number of anilines is 2. The number of hydrogen-bond donors (Lipinski definition) is 1. The van der Waals surface area contributed by atoms with Gasteiger partial charge in [0.1, 0.15) is 11.4 Å². The van der Waals surface area contributed by atoms with E-state index >= 15 is 0 Å². The molecule has 1 N–H and O–H groups in total. The van der Waals surface area contributed by atoms with Crippen LogP contribution in [0.4, 0.5) is 11.4 Å². The summed E-state index contributed by atoms with van der Waals surface area (Å²) in [6.45, 7) is 2.62. The number of rotatable bonds is 5. The van der Waals surface area contributed by atoms with Gasteiger partial charge < -0.3 is 10.2 Å². The van der Waals surface area contributed by atoms with Gasteiger partial charge in [0.05, 0.1) is 11.7 Å². The summed E-state index contributed by atoms with van der Waals surface area (Å²) in [5, 5.41) is 5.31. The number of carbonyl (C=O) groups excluding carboxylic acids is 2. The molecule has 0 atom stereocenters. The molecule has 4 heterocycles. The van der Waals surface area contributed by atoms with Crippen LogP contribution in [0.1, 0.15) is 17.7 Å². The van der Waals surface area contributed by atoms with Crippen molar-refractivity contribution in [3.05, 3.63) is 63.3 Å². The van der Waals surface area contributed by atoms with Crippen LogP contribution in [0.2, 0.25) is 0 Å². The average molecular weight is 465 g/mol. The molecule has 3 aromatic heterocycles. The maximum Gasteiger partial charge on any atom is 0.263 e. The number of thiophene rings is 2. The fourth-order valence-corrected chi connectivity index (χ4v) is 5.70. The normalized spacial score (nSPS) is 13.8. The minimum atomic E-state index is -0.318. The molecule has 1 fully saturated rings. The van der Waals surface area contributed by atoms with Crippen LogP contribution in [-0.4, -0.2) is 27.9 Å². The molecule has 32 heavy (non-hydrogen) atoms. The first kappa shape index (κ1) is 20.6. The number of nitrogens with one attached hydrogen (secondary N) is 1. The number of amides is 2. The van der Waals surface area contributed by atoms with E-state index in [0.29, 0.717) is 22.3 Å².